The molecule has 19 heavy (non-hydrogen) atoms. The maximum Gasteiger partial charge on any atom is 0.175 e. The SMILES string of the molecule is Cc1nn(C)cc1NC(=S)Nc1ccc(F)c(F)c1. The van der Waals surface area contributed by atoms with Crippen LogP contribution in [-0.2, 0) is 7.05 Å². The van der Waals surface area contributed by atoms with E-state index in [0.717, 1.165) is 23.5 Å². The van der Waals surface area contributed by atoms with Crippen LogP contribution in [0.4, 0.5) is 20.2 Å². The topological polar surface area (TPSA) is 41.9 Å². The minimum Gasteiger partial charge on any atom is -0.332 e. The van der Waals surface area contributed by atoms with Crippen molar-refractivity contribution in [3.8, 4) is 0 Å². The van der Waals surface area contributed by atoms with Gasteiger partial charge in [-0.15, -0.1) is 0 Å². The number of aryl methyl sites for hydroxylation is 2. The van der Waals surface area contributed by atoms with E-state index in [0.29, 0.717) is 5.69 Å². The highest BCUT2D eigenvalue weighted by Gasteiger charge is 2.07. The monoisotopic (exact) mass is 282 g/mol. The molecule has 100 valence electrons. The molecule has 1 aromatic carbocycles. The quantitative estimate of drug-likeness (QED) is 0.831. The van der Waals surface area contributed by atoms with E-state index in [1.807, 2.05) is 6.92 Å². The lowest BCUT2D eigenvalue weighted by molar-refractivity contribution is 0.509. The lowest BCUT2D eigenvalue weighted by Crippen LogP contribution is -2.19. The predicted molar refractivity (Wildman–Crippen MR) is 74.1 cm³/mol. The van der Waals surface area contributed by atoms with Crippen molar-refractivity contribution >= 4 is 28.7 Å². The van der Waals surface area contributed by atoms with Gasteiger partial charge in [0.1, 0.15) is 0 Å². The summed E-state index contributed by atoms with van der Waals surface area (Å²) in [5.41, 5.74) is 1.91. The summed E-state index contributed by atoms with van der Waals surface area (Å²) < 4.78 is 27.5. The Morgan fingerprint density at radius 1 is 1.26 bits per heavy atom. The Hall–Kier alpha value is -2.02. The Bertz CT molecular complexity index is 624. The zero-order valence-corrected chi connectivity index (χ0v) is 11.2. The summed E-state index contributed by atoms with van der Waals surface area (Å²) in [5, 5.41) is 10.1. The molecule has 1 aromatic heterocycles. The van der Waals surface area contributed by atoms with Gasteiger partial charge in [-0.3, -0.25) is 4.68 Å². The summed E-state index contributed by atoms with van der Waals surface area (Å²) >= 11 is 5.09. The minimum atomic E-state index is -0.926. The van der Waals surface area contributed by atoms with E-state index in [1.165, 1.54) is 6.07 Å². The molecule has 7 heteroatoms. The summed E-state index contributed by atoms with van der Waals surface area (Å²) in [4.78, 5) is 0. The molecular formula is C12H12F2N4S. The zero-order valence-electron chi connectivity index (χ0n) is 10.4. The van der Waals surface area contributed by atoms with Crippen molar-refractivity contribution in [2.24, 2.45) is 7.05 Å². The molecule has 0 spiro atoms. The number of aromatic nitrogens is 2. The van der Waals surface area contributed by atoms with Gasteiger partial charge in [0, 0.05) is 25.0 Å². The van der Waals surface area contributed by atoms with Crippen LogP contribution in [0.1, 0.15) is 5.69 Å². The van der Waals surface area contributed by atoms with Crippen molar-refractivity contribution in [2.75, 3.05) is 10.6 Å². The first-order valence-electron chi connectivity index (χ1n) is 5.49. The summed E-state index contributed by atoms with van der Waals surface area (Å²) in [6.45, 7) is 1.84. The predicted octanol–water partition coefficient (Wildman–Crippen LogP) is 2.82. The van der Waals surface area contributed by atoms with E-state index in [9.17, 15) is 8.78 Å². The Balaban J connectivity index is 2.05. The number of nitrogens with zero attached hydrogens (tertiary/aromatic N) is 2. The largest absolute Gasteiger partial charge is 0.332 e. The van der Waals surface area contributed by atoms with Gasteiger partial charge in [-0.2, -0.15) is 5.10 Å². The number of benzene rings is 1. The second kappa shape index (κ2) is 5.31. The molecule has 2 rings (SSSR count). The molecule has 0 fully saturated rings. The highest BCUT2D eigenvalue weighted by atomic mass is 32.1. The molecule has 0 aliphatic rings. The maximum atomic E-state index is 13.0. The van der Waals surface area contributed by atoms with Gasteiger partial charge in [-0.25, -0.2) is 8.78 Å². The van der Waals surface area contributed by atoms with Crippen LogP contribution in [0.25, 0.3) is 0 Å². The van der Waals surface area contributed by atoms with Crippen molar-refractivity contribution in [1.29, 1.82) is 0 Å². The molecule has 0 aliphatic carbocycles. The fourth-order valence-electron chi connectivity index (χ4n) is 1.58. The van der Waals surface area contributed by atoms with Crippen molar-refractivity contribution in [1.82, 2.24) is 9.78 Å². The Labute approximate surface area is 114 Å². The second-order valence-corrected chi connectivity index (χ2v) is 4.42. The Morgan fingerprint density at radius 2 is 2.00 bits per heavy atom. The molecule has 4 nitrogen and oxygen atoms in total. The van der Waals surface area contributed by atoms with Gasteiger partial charge in [0.15, 0.2) is 16.7 Å². The number of hydrogen-bond acceptors (Lipinski definition) is 2. The number of rotatable bonds is 2. The molecule has 0 saturated carbocycles. The van der Waals surface area contributed by atoms with Crippen LogP contribution in [0.15, 0.2) is 24.4 Å². The second-order valence-electron chi connectivity index (χ2n) is 4.01. The first kappa shape index (κ1) is 13.4. The van der Waals surface area contributed by atoms with Crippen LogP contribution in [0, 0.1) is 18.6 Å². The molecule has 0 aliphatic heterocycles. The maximum absolute atomic E-state index is 13.0. The van der Waals surface area contributed by atoms with Crippen molar-refractivity contribution in [2.45, 2.75) is 6.92 Å². The summed E-state index contributed by atoms with van der Waals surface area (Å²) in [7, 11) is 1.80. The summed E-state index contributed by atoms with van der Waals surface area (Å²) in [6.07, 6.45) is 1.77. The third-order valence-electron chi connectivity index (χ3n) is 2.44. The van der Waals surface area contributed by atoms with Gasteiger partial charge in [-0.05, 0) is 31.3 Å². The van der Waals surface area contributed by atoms with Crippen LogP contribution in [0.3, 0.4) is 0 Å². The first-order valence-corrected chi connectivity index (χ1v) is 5.90. The minimum absolute atomic E-state index is 0.280. The van der Waals surface area contributed by atoms with Crippen LogP contribution < -0.4 is 10.6 Å². The van der Waals surface area contributed by atoms with Crippen LogP contribution in [-0.4, -0.2) is 14.9 Å². The average molecular weight is 282 g/mol. The number of anilines is 2. The summed E-state index contributed by atoms with van der Waals surface area (Å²) in [5.74, 6) is -1.82. The molecule has 0 saturated heterocycles. The molecule has 0 atom stereocenters. The molecule has 0 bridgehead atoms. The Kier molecular flexibility index (Phi) is 3.75. The van der Waals surface area contributed by atoms with Crippen LogP contribution in [0.5, 0.6) is 0 Å². The molecule has 2 aromatic rings. The smallest absolute Gasteiger partial charge is 0.175 e. The number of halogens is 2. The van der Waals surface area contributed by atoms with Gasteiger partial charge in [0.05, 0.1) is 11.4 Å². The third kappa shape index (κ3) is 3.25. The van der Waals surface area contributed by atoms with E-state index in [4.69, 9.17) is 12.2 Å². The average Bonchev–Trinajstić information content (AvgIpc) is 2.62. The normalized spacial score (nSPS) is 10.3. The molecular weight excluding hydrogens is 270 g/mol. The first-order chi connectivity index (χ1) is 8.95. The van der Waals surface area contributed by atoms with E-state index in [2.05, 4.69) is 15.7 Å². The standard InChI is InChI=1S/C12H12F2N4S/c1-7-11(6-18(2)17-7)16-12(19)15-8-3-4-9(13)10(14)5-8/h3-6H,1-2H3,(H2,15,16,19). The van der Waals surface area contributed by atoms with Crippen LogP contribution >= 0.6 is 12.2 Å². The molecule has 2 N–H and O–H groups in total. The van der Waals surface area contributed by atoms with Gasteiger partial charge >= 0.3 is 0 Å². The van der Waals surface area contributed by atoms with Crippen molar-refractivity contribution < 1.29 is 8.78 Å². The molecule has 0 radical (unpaired) electrons. The van der Waals surface area contributed by atoms with Gasteiger partial charge in [0.2, 0.25) is 0 Å². The highest BCUT2D eigenvalue weighted by molar-refractivity contribution is 7.80. The highest BCUT2D eigenvalue weighted by Crippen LogP contribution is 2.15. The fraction of sp³-hybridized carbons (Fsp3) is 0.167. The van der Waals surface area contributed by atoms with Gasteiger partial charge < -0.3 is 10.6 Å². The van der Waals surface area contributed by atoms with E-state index in [-0.39, 0.29) is 5.11 Å². The molecule has 0 unspecified atom stereocenters. The van der Waals surface area contributed by atoms with E-state index >= 15 is 0 Å². The molecule has 1 heterocycles. The van der Waals surface area contributed by atoms with Gasteiger partial charge in [0.25, 0.3) is 0 Å². The Morgan fingerprint density at radius 3 is 2.58 bits per heavy atom. The lowest BCUT2D eigenvalue weighted by atomic mass is 10.3. The lowest BCUT2D eigenvalue weighted by Gasteiger charge is -2.09. The van der Waals surface area contributed by atoms with E-state index < -0.39 is 11.6 Å². The van der Waals surface area contributed by atoms with Crippen molar-refractivity contribution in [3.63, 3.8) is 0 Å². The zero-order chi connectivity index (χ0) is 14.0. The molecule has 0 amide bonds. The van der Waals surface area contributed by atoms with Gasteiger partial charge in [-0.1, -0.05) is 0 Å². The van der Waals surface area contributed by atoms with Crippen molar-refractivity contribution in [3.05, 3.63) is 41.7 Å². The number of nitrogens with one attached hydrogen (secondary N) is 2. The number of thiocarbonyl (C=S) groups is 1. The summed E-state index contributed by atoms with van der Waals surface area (Å²) in [6, 6.07) is 3.48. The number of hydrogen-bond donors (Lipinski definition) is 2. The van der Waals surface area contributed by atoms with Crippen LogP contribution in [0.2, 0.25) is 0 Å². The fourth-order valence-corrected chi connectivity index (χ4v) is 1.81. The van der Waals surface area contributed by atoms with E-state index in [1.54, 1.807) is 17.9 Å². The third-order valence-corrected chi connectivity index (χ3v) is 2.64.